The quantitative estimate of drug-likeness (QED) is 0.907. The van der Waals surface area contributed by atoms with Crippen LogP contribution in [0, 0.1) is 0 Å². The van der Waals surface area contributed by atoms with E-state index in [9.17, 15) is 8.42 Å². The Morgan fingerprint density at radius 2 is 1.95 bits per heavy atom. The van der Waals surface area contributed by atoms with Crippen LogP contribution in [0.25, 0.3) is 0 Å². The predicted molar refractivity (Wildman–Crippen MR) is 83.8 cm³/mol. The van der Waals surface area contributed by atoms with Gasteiger partial charge in [0.1, 0.15) is 0 Å². The van der Waals surface area contributed by atoms with E-state index in [2.05, 4.69) is 12.2 Å². The lowest BCUT2D eigenvalue weighted by Crippen LogP contribution is -2.39. The highest BCUT2D eigenvalue weighted by atomic mass is 35.5. The second-order valence-corrected chi connectivity index (χ2v) is 8.19. The van der Waals surface area contributed by atoms with Gasteiger partial charge in [-0.15, -0.1) is 0 Å². The van der Waals surface area contributed by atoms with E-state index in [1.54, 1.807) is 24.3 Å². The van der Waals surface area contributed by atoms with Gasteiger partial charge in [0, 0.05) is 11.1 Å². The molecule has 0 spiro atoms. The van der Waals surface area contributed by atoms with Gasteiger partial charge in [-0.2, -0.15) is 0 Å². The molecule has 1 saturated carbocycles. The average Bonchev–Trinajstić information content (AvgIpc) is 2.42. The summed E-state index contributed by atoms with van der Waals surface area (Å²) in [5.41, 5.74) is 0.819. The zero-order valence-corrected chi connectivity index (χ0v) is 13.4. The van der Waals surface area contributed by atoms with Crippen LogP contribution in [-0.2, 0) is 15.6 Å². The Balaban J connectivity index is 2.04. The summed E-state index contributed by atoms with van der Waals surface area (Å²) in [4.78, 5) is 0. The van der Waals surface area contributed by atoms with Crippen molar-refractivity contribution in [1.29, 1.82) is 0 Å². The second kappa shape index (κ2) is 6.92. The van der Waals surface area contributed by atoms with Crippen molar-refractivity contribution in [3.8, 4) is 0 Å². The van der Waals surface area contributed by atoms with E-state index < -0.39 is 9.84 Å². The third-order valence-corrected chi connectivity index (χ3v) is 6.34. The molecule has 2 unspecified atom stereocenters. The van der Waals surface area contributed by atoms with Gasteiger partial charge in [0.2, 0.25) is 0 Å². The number of rotatable bonds is 5. The van der Waals surface area contributed by atoms with Crippen molar-refractivity contribution in [3.63, 3.8) is 0 Å². The van der Waals surface area contributed by atoms with E-state index >= 15 is 0 Å². The zero-order chi connectivity index (χ0) is 14.6. The van der Waals surface area contributed by atoms with Gasteiger partial charge < -0.3 is 5.32 Å². The summed E-state index contributed by atoms with van der Waals surface area (Å²) >= 11 is 5.83. The first-order valence-electron chi connectivity index (χ1n) is 7.20. The molecule has 1 aliphatic carbocycles. The Labute approximate surface area is 126 Å². The Morgan fingerprint density at radius 1 is 1.25 bits per heavy atom. The summed E-state index contributed by atoms with van der Waals surface area (Å²) in [5.74, 6) is 0.119. The first-order chi connectivity index (χ1) is 9.51. The fraction of sp³-hybridized carbons (Fsp3) is 0.600. The fourth-order valence-electron chi connectivity index (χ4n) is 2.88. The van der Waals surface area contributed by atoms with E-state index in [0.717, 1.165) is 37.8 Å². The first kappa shape index (κ1) is 15.8. The van der Waals surface area contributed by atoms with Gasteiger partial charge in [-0.1, -0.05) is 37.1 Å². The SMILES string of the molecule is CCNC1CCCC(S(=O)(=O)Cc2ccc(Cl)cc2)C1. The number of hydrogen-bond donors (Lipinski definition) is 1. The molecule has 0 saturated heterocycles. The maximum Gasteiger partial charge on any atom is 0.157 e. The summed E-state index contributed by atoms with van der Waals surface area (Å²) in [6.07, 6.45) is 3.60. The van der Waals surface area contributed by atoms with Gasteiger partial charge in [0.15, 0.2) is 9.84 Å². The predicted octanol–water partition coefficient (Wildman–Crippen LogP) is 3.18. The molecular formula is C15H22ClNO2S. The molecule has 0 amide bonds. The topological polar surface area (TPSA) is 46.2 Å². The minimum absolute atomic E-state index is 0.119. The van der Waals surface area contributed by atoms with Gasteiger partial charge in [-0.3, -0.25) is 0 Å². The minimum Gasteiger partial charge on any atom is -0.314 e. The molecule has 112 valence electrons. The second-order valence-electron chi connectivity index (χ2n) is 5.48. The van der Waals surface area contributed by atoms with Crippen LogP contribution >= 0.6 is 11.6 Å². The van der Waals surface area contributed by atoms with E-state index in [1.807, 2.05) is 0 Å². The largest absolute Gasteiger partial charge is 0.314 e. The summed E-state index contributed by atoms with van der Waals surface area (Å²) < 4.78 is 25.1. The van der Waals surface area contributed by atoms with Crippen LogP contribution in [0.3, 0.4) is 0 Å². The van der Waals surface area contributed by atoms with E-state index in [-0.39, 0.29) is 11.0 Å². The number of nitrogens with one attached hydrogen (secondary N) is 1. The third-order valence-electron chi connectivity index (χ3n) is 3.91. The molecule has 5 heteroatoms. The molecule has 0 aliphatic heterocycles. The highest BCUT2D eigenvalue weighted by molar-refractivity contribution is 7.91. The molecule has 0 heterocycles. The summed E-state index contributed by atoms with van der Waals surface area (Å²) in [7, 11) is -3.08. The molecule has 1 N–H and O–H groups in total. The molecule has 1 aliphatic rings. The fourth-order valence-corrected chi connectivity index (χ4v) is 4.95. The average molecular weight is 316 g/mol. The molecular weight excluding hydrogens is 294 g/mol. The van der Waals surface area contributed by atoms with Crippen molar-refractivity contribution in [2.45, 2.75) is 49.7 Å². The lowest BCUT2D eigenvalue weighted by atomic mass is 9.95. The highest BCUT2D eigenvalue weighted by Gasteiger charge is 2.31. The van der Waals surface area contributed by atoms with Gasteiger partial charge in [-0.05, 0) is 43.5 Å². The molecule has 0 aromatic heterocycles. The third kappa shape index (κ3) is 4.21. The molecule has 0 bridgehead atoms. The smallest absolute Gasteiger partial charge is 0.157 e. The maximum atomic E-state index is 12.5. The normalized spacial score (nSPS) is 23.7. The Morgan fingerprint density at radius 3 is 2.60 bits per heavy atom. The van der Waals surface area contributed by atoms with Crippen molar-refractivity contribution < 1.29 is 8.42 Å². The van der Waals surface area contributed by atoms with Crippen LogP contribution < -0.4 is 5.32 Å². The standard InChI is InChI=1S/C15H22ClNO2S/c1-2-17-14-4-3-5-15(10-14)20(18,19)11-12-6-8-13(16)9-7-12/h6-9,14-15,17H,2-5,10-11H2,1H3. The summed E-state index contributed by atoms with van der Waals surface area (Å²) in [5, 5.41) is 3.80. The van der Waals surface area contributed by atoms with Gasteiger partial charge in [0.25, 0.3) is 0 Å². The van der Waals surface area contributed by atoms with Crippen molar-refractivity contribution in [3.05, 3.63) is 34.9 Å². The van der Waals surface area contributed by atoms with Crippen LogP contribution in [0.15, 0.2) is 24.3 Å². The number of benzene rings is 1. The Hall–Kier alpha value is -0.580. The highest BCUT2D eigenvalue weighted by Crippen LogP contribution is 2.27. The molecule has 1 fully saturated rings. The zero-order valence-electron chi connectivity index (χ0n) is 11.8. The van der Waals surface area contributed by atoms with Gasteiger partial charge >= 0.3 is 0 Å². The van der Waals surface area contributed by atoms with Crippen molar-refractivity contribution in [2.75, 3.05) is 6.54 Å². The van der Waals surface area contributed by atoms with Crippen LogP contribution in [0.5, 0.6) is 0 Å². The van der Waals surface area contributed by atoms with E-state index in [1.165, 1.54) is 0 Å². The van der Waals surface area contributed by atoms with Gasteiger partial charge in [0.05, 0.1) is 11.0 Å². The van der Waals surface area contributed by atoms with E-state index in [4.69, 9.17) is 11.6 Å². The maximum absolute atomic E-state index is 12.5. The monoisotopic (exact) mass is 315 g/mol. The number of halogens is 1. The van der Waals surface area contributed by atoms with E-state index in [0.29, 0.717) is 11.1 Å². The molecule has 2 rings (SSSR count). The molecule has 20 heavy (non-hydrogen) atoms. The van der Waals surface area contributed by atoms with Crippen LogP contribution in [0.2, 0.25) is 5.02 Å². The van der Waals surface area contributed by atoms with Crippen LogP contribution in [0.1, 0.15) is 38.2 Å². The molecule has 3 nitrogen and oxygen atoms in total. The Bertz CT molecular complexity index is 525. The molecule has 2 atom stereocenters. The first-order valence-corrected chi connectivity index (χ1v) is 9.30. The Kier molecular flexibility index (Phi) is 5.47. The van der Waals surface area contributed by atoms with Crippen molar-refractivity contribution in [2.24, 2.45) is 0 Å². The molecule has 0 radical (unpaired) electrons. The van der Waals surface area contributed by atoms with Crippen LogP contribution in [-0.4, -0.2) is 26.3 Å². The number of sulfone groups is 1. The summed E-state index contributed by atoms with van der Waals surface area (Å²) in [6, 6.07) is 7.43. The van der Waals surface area contributed by atoms with Gasteiger partial charge in [-0.25, -0.2) is 8.42 Å². The lowest BCUT2D eigenvalue weighted by molar-refractivity contribution is 0.377. The van der Waals surface area contributed by atoms with Crippen molar-refractivity contribution in [1.82, 2.24) is 5.32 Å². The lowest BCUT2D eigenvalue weighted by Gasteiger charge is -2.29. The molecule has 1 aromatic rings. The van der Waals surface area contributed by atoms with Crippen LogP contribution in [0.4, 0.5) is 0 Å². The number of hydrogen-bond acceptors (Lipinski definition) is 3. The summed E-state index contributed by atoms with van der Waals surface area (Å²) in [6.45, 7) is 2.96. The minimum atomic E-state index is -3.08. The van der Waals surface area contributed by atoms with Crippen molar-refractivity contribution >= 4 is 21.4 Å². The molecule has 1 aromatic carbocycles.